The average molecular weight is 245 g/mol. The molecule has 0 aliphatic carbocycles. The van der Waals surface area contributed by atoms with Crippen LogP contribution in [0.4, 0.5) is 4.79 Å². The van der Waals surface area contributed by atoms with Gasteiger partial charge in [0, 0.05) is 19.1 Å². The van der Waals surface area contributed by atoms with E-state index >= 15 is 0 Å². The lowest BCUT2D eigenvalue weighted by Crippen LogP contribution is -2.55. The number of benzene rings is 1. The monoisotopic (exact) mass is 245 g/mol. The van der Waals surface area contributed by atoms with Gasteiger partial charge in [-0.2, -0.15) is 0 Å². The third-order valence-electron chi connectivity index (χ3n) is 4.17. The molecule has 0 radical (unpaired) electrons. The van der Waals surface area contributed by atoms with E-state index in [-0.39, 0.29) is 12.1 Å². The Kier molecular flexibility index (Phi) is 2.96. The Balaban J connectivity index is 1.96. The third-order valence-corrected chi connectivity index (χ3v) is 4.17. The summed E-state index contributed by atoms with van der Waals surface area (Å²) in [6.45, 7) is 2.85. The molecule has 1 aromatic rings. The van der Waals surface area contributed by atoms with E-state index in [9.17, 15) is 4.79 Å². The number of primary amides is 1. The van der Waals surface area contributed by atoms with E-state index in [0.717, 1.165) is 26.1 Å². The average Bonchev–Trinajstić information content (AvgIpc) is 2.86. The Labute approximate surface area is 107 Å². The quantitative estimate of drug-likeness (QED) is 0.816. The second-order valence-corrected chi connectivity index (χ2v) is 5.13. The van der Waals surface area contributed by atoms with Gasteiger partial charge in [-0.25, -0.2) is 4.79 Å². The number of fused-ring (bicyclic) bond motifs is 1. The fourth-order valence-corrected chi connectivity index (χ4v) is 3.37. The molecule has 2 aliphatic heterocycles. The fourth-order valence-electron chi connectivity index (χ4n) is 3.37. The first-order valence-electron chi connectivity index (χ1n) is 6.62. The van der Waals surface area contributed by atoms with Gasteiger partial charge in [-0.15, -0.1) is 0 Å². The number of nitrogens with two attached hydrogens (primary N) is 1. The van der Waals surface area contributed by atoms with Crippen molar-refractivity contribution in [3.63, 3.8) is 0 Å². The predicted octanol–water partition coefficient (Wildman–Crippen LogP) is 1.59. The van der Waals surface area contributed by atoms with Gasteiger partial charge in [0.1, 0.15) is 0 Å². The summed E-state index contributed by atoms with van der Waals surface area (Å²) in [5, 5.41) is 0. The number of nitrogens with zero attached hydrogens (tertiary/aromatic N) is 2. The van der Waals surface area contributed by atoms with E-state index < -0.39 is 0 Å². The second-order valence-electron chi connectivity index (χ2n) is 5.13. The van der Waals surface area contributed by atoms with E-state index in [1.807, 2.05) is 23.1 Å². The van der Waals surface area contributed by atoms with Crippen molar-refractivity contribution in [2.75, 3.05) is 19.6 Å². The van der Waals surface area contributed by atoms with Crippen molar-refractivity contribution in [3.8, 4) is 0 Å². The SMILES string of the molecule is NC(=O)N1CCN2CCCC2C1c1ccccc1. The molecule has 2 heterocycles. The maximum Gasteiger partial charge on any atom is 0.315 e. The summed E-state index contributed by atoms with van der Waals surface area (Å²) in [4.78, 5) is 16.0. The molecule has 0 aromatic heterocycles. The number of hydrogen-bond donors (Lipinski definition) is 1. The zero-order chi connectivity index (χ0) is 12.5. The molecular formula is C14H19N3O. The minimum Gasteiger partial charge on any atom is -0.351 e. The molecule has 2 atom stereocenters. The van der Waals surface area contributed by atoms with Crippen LogP contribution in [-0.4, -0.2) is 41.5 Å². The minimum absolute atomic E-state index is 0.125. The van der Waals surface area contributed by atoms with Crippen LogP contribution in [0.1, 0.15) is 24.4 Å². The maximum absolute atomic E-state index is 11.7. The first kappa shape index (κ1) is 11.5. The first-order valence-corrected chi connectivity index (χ1v) is 6.62. The van der Waals surface area contributed by atoms with Crippen LogP contribution in [0.5, 0.6) is 0 Å². The number of amides is 2. The molecule has 18 heavy (non-hydrogen) atoms. The molecule has 4 heteroatoms. The number of rotatable bonds is 1. The van der Waals surface area contributed by atoms with Crippen LogP contribution in [0.2, 0.25) is 0 Å². The summed E-state index contributed by atoms with van der Waals surface area (Å²) in [5.41, 5.74) is 6.75. The summed E-state index contributed by atoms with van der Waals surface area (Å²) >= 11 is 0. The molecule has 3 rings (SSSR count). The van der Waals surface area contributed by atoms with Gasteiger partial charge in [0.2, 0.25) is 0 Å². The van der Waals surface area contributed by atoms with Crippen molar-refractivity contribution in [2.45, 2.75) is 24.9 Å². The summed E-state index contributed by atoms with van der Waals surface area (Å²) in [6, 6.07) is 10.5. The Morgan fingerprint density at radius 1 is 1.17 bits per heavy atom. The summed E-state index contributed by atoms with van der Waals surface area (Å²) in [7, 11) is 0. The van der Waals surface area contributed by atoms with Crippen LogP contribution in [0.3, 0.4) is 0 Å². The van der Waals surface area contributed by atoms with Crippen molar-refractivity contribution in [3.05, 3.63) is 35.9 Å². The lowest BCUT2D eigenvalue weighted by Gasteiger charge is -2.44. The van der Waals surface area contributed by atoms with Gasteiger partial charge in [-0.3, -0.25) is 4.90 Å². The van der Waals surface area contributed by atoms with Crippen LogP contribution in [0.25, 0.3) is 0 Å². The Hall–Kier alpha value is -1.55. The van der Waals surface area contributed by atoms with E-state index in [1.165, 1.54) is 12.0 Å². The third kappa shape index (κ3) is 1.86. The maximum atomic E-state index is 11.7. The zero-order valence-corrected chi connectivity index (χ0v) is 10.5. The largest absolute Gasteiger partial charge is 0.351 e. The predicted molar refractivity (Wildman–Crippen MR) is 70.1 cm³/mol. The highest BCUT2D eigenvalue weighted by Gasteiger charge is 2.41. The molecule has 2 N–H and O–H groups in total. The van der Waals surface area contributed by atoms with Crippen molar-refractivity contribution < 1.29 is 4.79 Å². The highest BCUT2D eigenvalue weighted by molar-refractivity contribution is 5.73. The van der Waals surface area contributed by atoms with Gasteiger partial charge in [0.05, 0.1) is 6.04 Å². The van der Waals surface area contributed by atoms with Crippen molar-refractivity contribution in [1.82, 2.24) is 9.80 Å². The summed E-state index contributed by atoms with van der Waals surface area (Å²) < 4.78 is 0. The molecule has 2 amide bonds. The summed E-state index contributed by atoms with van der Waals surface area (Å²) in [6.07, 6.45) is 2.38. The van der Waals surface area contributed by atoms with Crippen LogP contribution < -0.4 is 5.73 Å². The smallest absolute Gasteiger partial charge is 0.315 e. The van der Waals surface area contributed by atoms with Crippen LogP contribution in [0.15, 0.2) is 30.3 Å². The minimum atomic E-state index is -0.296. The molecule has 4 nitrogen and oxygen atoms in total. The normalized spacial score (nSPS) is 28.1. The number of carbonyl (C=O) groups excluding carboxylic acids is 1. The molecule has 2 unspecified atom stereocenters. The van der Waals surface area contributed by atoms with E-state index in [0.29, 0.717) is 6.04 Å². The molecular weight excluding hydrogens is 226 g/mol. The molecule has 2 saturated heterocycles. The molecule has 0 spiro atoms. The van der Waals surface area contributed by atoms with Crippen LogP contribution in [-0.2, 0) is 0 Å². The zero-order valence-electron chi connectivity index (χ0n) is 10.5. The highest BCUT2D eigenvalue weighted by atomic mass is 16.2. The molecule has 0 saturated carbocycles. The van der Waals surface area contributed by atoms with Crippen LogP contribution >= 0.6 is 0 Å². The summed E-state index contributed by atoms with van der Waals surface area (Å²) in [5.74, 6) is 0. The van der Waals surface area contributed by atoms with Gasteiger partial charge in [0.15, 0.2) is 0 Å². The molecule has 0 bridgehead atoms. The van der Waals surface area contributed by atoms with Crippen molar-refractivity contribution in [2.24, 2.45) is 5.73 Å². The van der Waals surface area contributed by atoms with E-state index in [1.54, 1.807) is 0 Å². The molecule has 1 aromatic carbocycles. The van der Waals surface area contributed by atoms with Crippen molar-refractivity contribution >= 4 is 6.03 Å². The number of piperazine rings is 1. The van der Waals surface area contributed by atoms with Gasteiger partial charge in [-0.05, 0) is 24.9 Å². The van der Waals surface area contributed by atoms with Gasteiger partial charge in [0.25, 0.3) is 0 Å². The van der Waals surface area contributed by atoms with Gasteiger partial charge in [-0.1, -0.05) is 30.3 Å². The first-order chi connectivity index (χ1) is 8.77. The fraction of sp³-hybridized carbons (Fsp3) is 0.500. The lowest BCUT2D eigenvalue weighted by atomic mass is 9.94. The number of carbonyl (C=O) groups is 1. The molecule has 96 valence electrons. The number of urea groups is 1. The van der Waals surface area contributed by atoms with Gasteiger partial charge >= 0.3 is 6.03 Å². The molecule has 2 fully saturated rings. The highest BCUT2D eigenvalue weighted by Crippen LogP contribution is 2.36. The van der Waals surface area contributed by atoms with E-state index in [2.05, 4.69) is 17.0 Å². The molecule has 2 aliphatic rings. The van der Waals surface area contributed by atoms with Crippen molar-refractivity contribution in [1.29, 1.82) is 0 Å². The van der Waals surface area contributed by atoms with Crippen LogP contribution in [0, 0.1) is 0 Å². The lowest BCUT2D eigenvalue weighted by molar-refractivity contribution is 0.0683. The number of hydrogen-bond acceptors (Lipinski definition) is 2. The Morgan fingerprint density at radius 3 is 2.67 bits per heavy atom. The Morgan fingerprint density at radius 2 is 1.94 bits per heavy atom. The topological polar surface area (TPSA) is 49.6 Å². The Bertz CT molecular complexity index is 434. The van der Waals surface area contributed by atoms with Gasteiger partial charge < -0.3 is 10.6 Å². The van der Waals surface area contributed by atoms with E-state index in [4.69, 9.17) is 5.73 Å². The second kappa shape index (κ2) is 4.61. The standard InChI is InChI=1S/C14H19N3O/c15-14(18)17-10-9-16-8-4-7-12(16)13(17)11-5-2-1-3-6-11/h1-3,5-6,12-13H,4,7-10H2,(H2,15,18).